The molecule has 0 bridgehead atoms. The molecule has 3 heterocycles. The molecule has 2 saturated heterocycles. The first-order chi connectivity index (χ1) is 14.8. The van der Waals surface area contributed by atoms with E-state index in [1.807, 2.05) is 30.3 Å². The molecule has 0 saturated carbocycles. The zero-order valence-electron chi connectivity index (χ0n) is 16.3. The van der Waals surface area contributed by atoms with Crippen molar-refractivity contribution < 1.29 is 19.2 Å². The van der Waals surface area contributed by atoms with E-state index >= 15 is 0 Å². The molecule has 2 aromatic rings. The molecule has 8 nitrogen and oxygen atoms in total. The van der Waals surface area contributed by atoms with Gasteiger partial charge in [0.25, 0.3) is 0 Å². The number of benzene rings is 2. The summed E-state index contributed by atoms with van der Waals surface area (Å²) in [5.41, 5.74) is 5.73. The van der Waals surface area contributed by atoms with Gasteiger partial charge in [0.05, 0.1) is 18.4 Å². The van der Waals surface area contributed by atoms with Gasteiger partial charge in [-0.05, 0) is 23.8 Å². The first kappa shape index (κ1) is 19.7. The summed E-state index contributed by atoms with van der Waals surface area (Å²) in [6.07, 6.45) is -0.176. The van der Waals surface area contributed by atoms with Crippen molar-refractivity contribution in [1.29, 1.82) is 0 Å². The van der Waals surface area contributed by atoms with Gasteiger partial charge in [0.2, 0.25) is 23.6 Å². The molecule has 9 heteroatoms. The first-order valence-corrected chi connectivity index (χ1v) is 10.3. The SMILES string of the molecule is NC(=O)CC1NC2(C(=O)Nc3ccc(Cl)cc32)[C@H]2C(=O)N(Cc3ccccc3)C(=O)[C@@H]12. The zero-order valence-corrected chi connectivity index (χ0v) is 17.1. The fourth-order valence-electron chi connectivity index (χ4n) is 5.15. The molecule has 0 radical (unpaired) electrons. The summed E-state index contributed by atoms with van der Waals surface area (Å²) in [5.74, 6) is -3.85. The molecule has 4 atom stereocenters. The Morgan fingerprint density at radius 1 is 1.10 bits per heavy atom. The van der Waals surface area contributed by atoms with Gasteiger partial charge in [-0.2, -0.15) is 0 Å². The van der Waals surface area contributed by atoms with Gasteiger partial charge in [0, 0.05) is 28.7 Å². The second-order valence-corrected chi connectivity index (χ2v) is 8.56. The highest BCUT2D eigenvalue weighted by Crippen LogP contribution is 2.53. The predicted molar refractivity (Wildman–Crippen MR) is 111 cm³/mol. The van der Waals surface area contributed by atoms with E-state index in [0.717, 1.165) is 5.56 Å². The van der Waals surface area contributed by atoms with Crippen molar-refractivity contribution in [3.8, 4) is 0 Å². The standard InChI is InChI=1S/C22H19ClN4O4/c23-12-6-7-14-13(8-12)22(21(31)25-14)18-17(15(26-22)9-16(24)28)19(29)27(20(18)30)10-11-4-2-1-3-5-11/h1-8,15,17-18,26H,9-10H2,(H2,24,28)(H,25,31)/t15?,17-,18+,22?/m0/s1. The van der Waals surface area contributed by atoms with Crippen LogP contribution >= 0.6 is 11.6 Å². The Kier molecular flexibility index (Phi) is 4.39. The maximum Gasteiger partial charge on any atom is 0.250 e. The molecule has 2 fully saturated rings. The van der Waals surface area contributed by atoms with E-state index in [2.05, 4.69) is 10.6 Å². The number of nitrogens with zero attached hydrogens (tertiary/aromatic N) is 1. The normalized spacial score (nSPS) is 28.7. The maximum absolute atomic E-state index is 13.6. The van der Waals surface area contributed by atoms with Gasteiger partial charge < -0.3 is 11.1 Å². The number of amides is 4. The molecule has 2 aromatic carbocycles. The first-order valence-electron chi connectivity index (χ1n) is 9.89. The molecule has 4 N–H and O–H groups in total. The van der Waals surface area contributed by atoms with Crippen molar-refractivity contribution in [2.24, 2.45) is 17.6 Å². The van der Waals surface area contributed by atoms with Crippen molar-refractivity contribution in [3.63, 3.8) is 0 Å². The molecule has 31 heavy (non-hydrogen) atoms. The number of fused-ring (bicyclic) bond motifs is 4. The lowest BCUT2D eigenvalue weighted by Gasteiger charge is -2.29. The van der Waals surface area contributed by atoms with Crippen LogP contribution in [0.4, 0.5) is 5.69 Å². The fraction of sp³-hybridized carbons (Fsp3) is 0.273. The highest BCUT2D eigenvalue weighted by Gasteiger charge is 2.70. The van der Waals surface area contributed by atoms with Gasteiger partial charge in [0.15, 0.2) is 0 Å². The van der Waals surface area contributed by atoms with E-state index in [4.69, 9.17) is 17.3 Å². The highest BCUT2D eigenvalue weighted by molar-refractivity contribution is 6.31. The van der Waals surface area contributed by atoms with Gasteiger partial charge in [-0.1, -0.05) is 41.9 Å². The van der Waals surface area contributed by atoms with Gasteiger partial charge in [-0.3, -0.25) is 29.4 Å². The van der Waals surface area contributed by atoms with Crippen LogP contribution in [0.15, 0.2) is 48.5 Å². The number of nitrogens with two attached hydrogens (primary N) is 1. The van der Waals surface area contributed by atoms with E-state index < -0.39 is 47.0 Å². The van der Waals surface area contributed by atoms with Crippen molar-refractivity contribution in [2.45, 2.75) is 24.5 Å². The van der Waals surface area contributed by atoms with Gasteiger partial charge in [-0.15, -0.1) is 0 Å². The Morgan fingerprint density at radius 2 is 1.84 bits per heavy atom. The molecular weight excluding hydrogens is 420 g/mol. The number of halogens is 1. The average Bonchev–Trinajstić information content (AvgIpc) is 3.29. The molecule has 1 spiro atoms. The lowest BCUT2D eigenvalue weighted by Crippen LogP contribution is -2.53. The minimum atomic E-state index is -1.50. The Hall–Kier alpha value is -3.23. The summed E-state index contributed by atoms with van der Waals surface area (Å²) >= 11 is 6.19. The lowest BCUT2D eigenvalue weighted by molar-refractivity contribution is -0.143. The second kappa shape index (κ2) is 6.90. The fourth-order valence-corrected chi connectivity index (χ4v) is 5.32. The van der Waals surface area contributed by atoms with Crippen molar-refractivity contribution >= 4 is 40.9 Å². The number of likely N-dealkylation sites (tertiary alicyclic amines) is 1. The van der Waals surface area contributed by atoms with Crippen LogP contribution in [0.2, 0.25) is 5.02 Å². The van der Waals surface area contributed by atoms with Crippen LogP contribution in [0, 0.1) is 11.8 Å². The lowest BCUT2D eigenvalue weighted by atomic mass is 9.76. The Balaban J connectivity index is 1.62. The van der Waals surface area contributed by atoms with Crippen LogP contribution in [0.25, 0.3) is 0 Å². The van der Waals surface area contributed by atoms with Gasteiger partial charge in [0.1, 0.15) is 5.54 Å². The third kappa shape index (κ3) is 2.79. The van der Waals surface area contributed by atoms with Crippen LogP contribution in [0.1, 0.15) is 17.5 Å². The average molecular weight is 439 g/mol. The smallest absolute Gasteiger partial charge is 0.250 e. The van der Waals surface area contributed by atoms with E-state index in [1.54, 1.807) is 18.2 Å². The predicted octanol–water partition coefficient (Wildman–Crippen LogP) is 1.14. The topological polar surface area (TPSA) is 122 Å². The highest BCUT2D eigenvalue weighted by atomic mass is 35.5. The number of anilines is 1. The molecule has 158 valence electrons. The largest absolute Gasteiger partial charge is 0.370 e. The van der Waals surface area contributed by atoms with Crippen molar-refractivity contribution in [2.75, 3.05) is 5.32 Å². The minimum absolute atomic E-state index is 0.0922. The molecule has 5 rings (SSSR count). The Bertz CT molecular complexity index is 1140. The molecule has 2 unspecified atom stereocenters. The Labute approximate surface area is 182 Å². The number of nitrogens with one attached hydrogen (secondary N) is 2. The van der Waals surface area contributed by atoms with Crippen LogP contribution in [-0.2, 0) is 31.3 Å². The number of rotatable bonds is 4. The molecule has 0 aromatic heterocycles. The molecule has 4 amide bonds. The summed E-state index contributed by atoms with van der Waals surface area (Å²) in [5, 5.41) is 6.32. The molecule has 3 aliphatic rings. The minimum Gasteiger partial charge on any atom is -0.370 e. The van der Waals surface area contributed by atoms with E-state index in [0.29, 0.717) is 16.3 Å². The Morgan fingerprint density at radius 3 is 2.55 bits per heavy atom. The number of hydrogen-bond donors (Lipinski definition) is 3. The van der Waals surface area contributed by atoms with Crippen LogP contribution in [0.3, 0.4) is 0 Å². The van der Waals surface area contributed by atoms with Crippen LogP contribution in [-0.4, -0.2) is 34.6 Å². The van der Waals surface area contributed by atoms with Crippen molar-refractivity contribution in [1.82, 2.24) is 10.2 Å². The van der Waals surface area contributed by atoms with E-state index in [9.17, 15) is 19.2 Å². The summed E-state index contributed by atoms with van der Waals surface area (Å²) in [6.45, 7) is 0.0922. The number of hydrogen-bond acceptors (Lipinski definition) is 5. The summed E-state index contributed by atoms with van der Waals surface area (Å²) < 4.78 is 0. The number of carbonyl (C=O) groups excluding carboxylic acids is 4. The van der Waals surface area contributed by atoms with E-state index in [-0.39, 0.29) is 13.0 Å². The number of carbonyl (C=O) groups is 4. The van der Waals surface area contributed by atoms with Crippen LogP contribution in [0.5, 0.6) is 0 Å². The zero-order chi connectivity index (χ0) is 21.9. The van der Waals surface area contributed by atoms with Gasteiger partial charge in [-0.25, -0.2) is 0 Å². The third-order valence-corrected chi connectivity index (χ3v) is 6.61. The number of imide groups is 1. The second-order valence-electron chi connectivity index (χ2n) is 8.12. The summed E-state index contributed by atoms with van der Waals surface area (Å²) in [7, 11) is 0. The summed E-state index contributed by atoms with van der Waals surface area (Å²) in [4.78, 5) is 53.1. The molecular formula is C22H19ClN4O4. The van der Waals surface area contributed by atoms with Gasteiger partial charge >= 0.3 is 0 Å². The summed E-state index contributed by atoms with van der Waals surface area (Å²) in [6, 6.07) is 13.3. The molecule has 0 aliphatic carbocycles. The quantitative estimate of drug-likeness (QED) is 0.618. The maximum atomic E-state index is 13.6. The third-order valence-electron chi connectivity index (χ3n) is 6.37. The number of primary amides is 1. The van der Waals surface area contributed by atoms with E-state index in [1.165, 1.54) is 4.90 Å². The van der Waals surface area contributed by atoms with Crippen molar-refractivity contribution in [3.05, 3.63) is 64.7 Å². The monoisotopic (exact) mass is 438 g/mol. The van der Waals surface area contributed by atoms with Crippen LogP contribution < -0.4 is 16.4 Å². The molecule has 3 aliphatic heterocycles.